The van der Waals surface area contributed by atoms with Crippen LogP contribution in [0.4, 0.5) is 0 Å². The van der Waals surface area contributed by atoms with E-state index in [0.717, 1.165) is 16.5 Å². The first kappa shape index (κ1) is 15.2. The number of hydrogen-bond acceptors (Lipinski definition) is 6. The molecule has 1 aliphatic heterocycles. The Bertz CT molecular complexity index is 734. The molecule has 2 aromatic rings. The van der Waals surface area contributed by atoms with Crippen molar-refractivity contribution in [2.45, 2.75) is 18.6 Å². The summed E-state index contributed by atoms with van der Waals surface area (Å²) in [5.74, 6) is -0.420. The van der Waals surface area contributed by atoms with E-state index in [1.165, 1.54) is 0 Å². The summed E-state index contributed by atoms with van der Waals surface area (Å²) in [5, 5.41) is 5.11. The minimum atomic E-state index is -0.671. The Hall–Kier alpha value is -2.67. The zero-order chi connectivity index (χ0) is 16.2. The molecule has 3 N–H and O–H groups in total. The molecule has 1 aliphatic rings. The quantitative estimate of drug-likeness (QED) is 0.773. The lowest BCUT2D eigenvalue weighted by molar-refractivity contribution is -0.149. The zero-order valence-electron chi connectivity index (χ0n) is 12.4. The van der Waals surface area contributed by atoms with Gasteiger partial charge in [0, 0.05) is 30.7 Å². The van der Waals surface area contributed by atoms with E-state index >= 15 is 0 Å². The van der Waals surface area contributed by atoms with Gasteiger partial charge in [0.1, 0.15) is 17.9 Å². The maximum absolute atomic E-state index is 11.8. The number of fused-ring (bicyclic) bond motifs is 1. The molecule has 0 bridgehead atoms. The summed E-state index contributed by atoms with van der Waals surface area (Å²) in [7, 11) is 0. The van der Waals surface area contributed by atoms with Gasteiger partial charge in [-0.15, -0.1) is 0 Å². The van der Waals surface area contributed by atoms with Crippen molar-refractivity contribution in [3.63, 3.8) is 0 Å². The monoisotopic (exact) mass is 315 g/mol. The van der Waals surface area contributed by atoms with Gasteiger partial charge in [-0.1, -0.05) is 0 Å². The summed E-state index contributed by atoms with van der Waals surface area (Å²) in [6.07, 6.45) is 3.86. The lowest BCUT2D eigenvalue weighted by atomic mass is 10.1. The van der Waals surface area contributed by atoms with Gasteiger partial charge in [0.2, 0.25) is 0 Å². The number of nitrogens with zero attached hydrogens (tertiary/aromatic N) is 1. The van der Waals surface area contributed by atoms with Crippen LogP contribution in [0.15, 0.2) is 36.7 Å². The van der Waals surface area contributed by atoms with Crippen molar-refractivity contribution < 1.29 is 19.1 Å². The number of carbonyl (C=O) groups is 2. The first-order valence-electron chi connectivity index (χ1n) is 7.30. The van der Waals surface area contributed by atoms with Crippen molar-refractivity contribution in [3.05, 3.63) is 36.7 Å². The van der Waals surface area contributed by atoms with Crippen molar-refractivity contribution in [1.82, 2.24) is 10.3 Å². The Kier molecular flexibility index (Phi) is 4.38. The van der Waals surface area contributed by atoms with Gasteiger partial charge in [0.05, 0.1) is 0 Å². The first-order valence-corrected chi connectivity index (χ1v) is 7.30. The van der Waals surface area contributed by atoms with Crippen LogP contribution >= 0.6 is 0 Å². The molecule has 7 nitrogen and oxygen atoms in total. The van der Waals surface area contributed by atoms with Gasteiger partial charge >= 0.3 is 5.97 Å². The average molecular weight is 315 g/mol. The molecule has 2 atom stereocenters. The fourth-order valence-corrected chi connectivity index (χ4v) is 2.54. The lowest BCUT2D eigenvalue weighted by Gasteiger charge is -2.13. The number of pyridine rings is 1. The molecule has 1 amide bonds. The fraction of sp³-hybridized carbons (Fsp3) is 0.312. The van der Waals surface area contributed by atoms with E-state index in [2.05, 4.69) is 10.3 Å². The molecular formula is C16H17N3O4. The second kappa shape index (κ2) is 6.62. The Morgan fingerprint density at radius 3 is 3.00 bits per heavy atom. The minimum Gasteiger partial charge on any atom is -0.489 e. The second-order valence-electron chi connectivity index (χ2n) is 5.40. The van der Waals surface area contributed by atoms with E-state index in [1.807, 2.05) is 24.3 Å². The first-order chi connectivity index (χ1) is 11.1. The average Bonchev–Trinajstić information content (AvgIpc) is 3.01. The molecule has 2 heterocycles. The third-order valence-electron chi connectivity index (χ3n) is 3.65. The molecule has 1 saturated heterocycles. The number of nitrogens with two attached hydrogens (primary N) is 1. The SMILES string of the molecule is NC(=O)COC(=O)[C@@H]1C[C@@H](Oc2ccc3cnccc3c2)CN1. The van der Waals surface area contributed by atoms with Gasteiger partial charge in [-0.05, 0) is 29.7 Å². The minimum absolute atomic E-state index is 0.139. The predicted octanol–water partition coefficient (Wildman–Crippen LogP) is 0.373. The molecule has 7 heteroatoms. The second-order valence-corrected chi connectivity index (χ2v) is 5.40. The van der Waals surface area contributed by atoms with Crippen molar-refractivity contribution >= 4 is 22.6 Å². The van der Waals surface area contributed by atoms with Gasteiger partial charge in [-0.2, -0.15) is 0 Å². The maximum Gasteiger partial charge on any atom is 0.323 e. The number of hydrogen-bond donors (Lipinski definition) is 2. The number of benzene rings is 1. The number of carbonyl (C=O) groups excluding carboxylic acids is 2. The van der Waals surface area contributed by atoms with E-state index in [0.29, 0.717) is 13.0 Å². The van der Waals surface area contributed by atoms with Crippen LogP contribution in [0.2, 0.25) is 0 Å². The zero-order valence-corrected chi connectivity index (χ0v) is 12.4. The van der Waals surface area contributed by atoms with Crippen LogP contribution in [0.1, 0.15) is 6.42 Å². The van der Waals surface area contributed by atoms with Crippen LogP contribution in [0, 0.1) is 0 Å². The molecule has 1 aromatic carbocycles. The number of rotatable bonds is 5. The van der Waals surface area contributed by atoms with E-state index in [-0.39, 0.29) is 6.10 Å². The Morgan fingerprint density at radius 1 is 1.30 bits per heavy atom. The maximum atomic E-state index is 11.8. The molecule has 0 aliphatic carbocycles. The van der Waals surface area contributed by atoms with Crippen LogP contribution in [0.25, 0.3) is 10.8 Å². The topological polar surface area (TPSA) is 104 Å². The highest BCUT2D eigenvalue weighted by atomic mass is 16.5. The van der Waals surface area contributed by atoms with Gasteiger partial charge in [-0.25, -0.2) is 0 Å². The summed E-state index contributed by atoms with van der Waals surface area (Å²) in [5.41, 5.74) is 4.95. The third-order valence-corrected chi connectivity index (χ3v) is 3.65. The van der Waals surface area contributed by atoms with Crippen LogP contribution in [0.5, 0.6) is 5.75 Å². The predicted molar refractivity (Wildman–Crippen MR) is 82.7 cm³/mol. The largest absolute Gasteiger partial charge is 0.489 e. The lowest BCUT2D eigenvalue weighted by Crippen LogP contribution is -2.34. The van der Waals surface area contributed by atoms with Crippen molar-refractivity contribution in [2.24, 2.45) is 5.73 Å². The molecule has 0 spiro atoms. The number of primary amides is 1. The molecular weight excluding hydrogens is 298 g/mol. The highest BCUT2D eigenvalue weighted by molar-refractivity contribution is 5.83. The molecule has 3 rings (SSSR count). The van der Waals surface area contributed by atoms with Crippen LogP contribution in [-0.2, 0) is 14.3 Å². The number of nitrogens with one attached hydrogen (secondary N) is 1. The molecule has 1 aromatic heterocycles. The van der Waals surface area contributed by atoms with E-state index < -0.39 is 24.5 Å². The standard InChI is InChI=1S/C16H17N3O4/c17-15(20)9-22-16(21)14-6-13(8-19-14)23-12-2-1-11-7-18-4-3-10(11)5-12/h1-5,7,13-14,19H,6,8-9H2,(H2,17,20)/t13-,14+/m1/s1. The van der Waals surface area contributed by atoms with Gasteiger partial charge in [0.15, 0.2) is 6.61 Å². The summed E-state index contributed by atoms with van der Waals surface area (Å²) < 4.78 is 10.7. The number of aromatic nitrogens is 1. The van der Waals surface area contributed by atoms with E-state index in [4.69, 9.17) is 15.2 Å². The molecule has 120 valence electrons. The van der Waals surface area contributed by atoms with Crippen LogP contribution < -0.4 is 15.8 Å². The smallest absolute Gasteiger partial charge is 0.323 e. The van der Waals surface area contributed by atoms with Crippen LogP contribution in [0.3, 0.4) is 0 Å². The van der Waals surface area contributed by atoms with Crippen molar-refractivity contribution in [3.8, 4) is 5.75 Å². The molecule has 23 heavy (non-hydrogen) atoms. The van der Waals surface area contributed by atoms with Crippen LogP contribution in [-0.4, -0.2) is 42.2 Å². The third kappa shape index (κ3) is 3.75. The highest BCUT2D eigenvalue weighted by Crippen LogP contribution is 2.23. The van der Waals surface area contributed by atoms with E-state index in [9.17, 15) is 9.59 Å². The summed E-state index contributed by atoms with van der Waals surface area (Å²) >= 11 is 0. The van der Waals surface area contributed by atoms with Gasteiger partial charge in [0.25, 0.3) is 5.91 Å². The van der Waals surface area contributed by atoms with Gasteiger partial charge in [-0.3, -0.25) is 14.6 Å². The summed E-state index contributed by atoms with van der Waals surface area (Å²) in [6, 6.07) is 7.19. The van der Waals surface area contributed by atoms with Gasteiger partial charge < -0.3 is 20.5 Å². The molecule has 0 saturated carbocycles. The summed E-state index contributed by atoms with van der Waals surface area (Å²) in [6.45, 7) is 0.131. The van der Waals surface area contributed by atoms with E-state index in [1.54, 1.807) is 12.4 Å². The highest BCUT2D eigenvalue weighted by Gasteiger charge is 2.32. The number of ether oxygens (including phenoxy) is 2. The normalized spacial score (nSPS) is 20.3. The summed E-state index contributed by atoms with van der Waals surface area (Å²) in [4.78, 5) is 26.5. The number of esters is 1. The Morgan fingerprint density at radius 2 is 2.17 bits per heavy atom. The molecule has 0 radical (unpaired) electrons. The Labute approximate surface area is 132 Å². The van der Waals surface area contributed by atoms with Crippen molar-refractivity contribution in [1.29, 1.82) is 0 Å². The fourth-order valence-electron chi connectivity index (χ4n) is 2.54. The molecule has 1 fully saturated rings. The number of amides is 1. The Balaban J connectivity index is 1.58. The van der Waals surface area contributed by atoms with Crippen molar-refractivity contribution in [2.75, 3.05) is 13.2 Å². The molecule has 0 unspecified atom stereocenters.